The van der Waals surface area contributed by atoms with Crippen LogP contribution in [-0.2, 0) is 20.2 Å². The lowest BCUT2D eigenvalue weighted by Crippen LogP contribution is -1.99. The van der Waals surface area contributed by atoms with E-state index in [2.05, 4.69) is 10.2 Å². The van der Waals surface area contributed by atoms with Crippen molar-refractivity contribution in [1.82, 2.24) is 0 Å². The molecule has 29 heavy (non-hydrogen) atoms. The fraction of sp³-hybridized carbons (Fsp3) is 0.111. The first kappa shape index (κ1) is 20.9. The Balaban J connectivity index is 2.30. The van der Waals surface area contributed by atoms with Crippen LogP contribution in [0.4, 0.5) is 11.4 Å². The average Bonchev–Trinajstić information content (AvgIpc) is 2.58. The smallest absolute Gasteiger partial charge is 0.296 e. The fourth-order valence-electron chi connectivity index (χ4n) is 2.79. The van der Waals surface area contributed by atoms with Gasteiger partial charge in [-0.25, -0.2) is 0 Å². The standard InChI is InChI=1S/C18H16N2O7S2/c1-10-3-5-13-12(7-10)9-16(29(25,26)27)17(18(13)21)20-19-14-8-11(2)4-6-15(14)28(22,23)24/h3-9,21H,1-2H3,(H,22,23,24)(H,25,26,27). The number of aromatic hydroxyl groups is 1. The molecular weight excluding hydrogens is 420 g/mol. The van der Waals surface area contributed by atoms with E-state index in [-0.39, 0.29) is 11.1 Å². The summed E-state index contributed by atoms with van der Waals surface area (Å²) in [6.45, 7) is 3.41. The number of hydrogen-bond acceptors (Lipinski definition) is 7. The van der Waals surface area contributed by atoms with E-state index in [0.717, 1.165) is 17.7 Å². The minimum Gasteiger partial charge on any atom is -0.505 e. The highest BCUT2D eigenvalue weighted by atomic mass is 32.2. The van der Waals surface area contributed by atoms with Gasteiger partial charge in [0.1, 0.15) is 21.2 Å². The predicted molar refractivity (Wildman–Crippen MR) is 105 cm³/mol. The second kappa shape index (κ2) is 7.19. The highest BCUT2D eigenvalue weighted by Gasteiger charge is 2.22. The Labute approximate surface area is 166 Å². The molecule has 0 radical (unpaired) electrons. The maximum atomic E-state index is 11.8. The summed E-state index contributed by atoms with van der Waals surface area (Å²) >= 11 is 0. The molecular formula is C18H16N2O7S2. The molecule has 3 N–H and O–H groups in total. The van der Waals surface area contributed by atoms with Crippen molar-refractivity contribution < 1.29 is 31.0 Å². The van der Waals surface area contributed by atoms with Gasteiger partial charge in [0.2, 0.25) is 0 Å². The molecule has 3 rings (SSSR count). The zero-order valence-corrected chi connectivity index (χ0v) is 16.9. The number of azo groups is 1. The largest absolute Gasteiger partial charge is 0.505 e. The number of benzene rings is 3. The van der Waals surface area contributed by atoms with Gasteiger partial charge in [-0.2, -0.15) is 16.8 Å². The van der Waals surface area contributed by atoms with E-state index in [9.17, 15) is 31.0 Å². The van der Waals surface area contributed by atoms with Crippen molar-refractivity contribution in [2.24, 2.45) is 10.2 Å². The molecule has 3 aromatic rings. The Morgan fingerprint density at radius 1 is 0.759 bits per heavy atom. The van der Waals surface area contributed by atoms with Crippen LogP contribution >= 0.6 is 0 Å². The van der Waals surface area contributed by atoms with E-state index >= 15 is 0 Å². The van der Waals surface area contributed by atoms with E-state index < -0.39 is 41.5 Å². The van der Waals surface area contributed by atoms with Gasteiger partial charge in [0, 0.05) is 5.39 Å². The number of nitrogens with zero attached hydrogens (tertiary/aromatic N) is 2. The van der Waals surface area contributed by atoms with Crippen molar-refractivity contribution >= 4 is 42.4 Å². The first-order chi connectivity index (χ1) is 13.4. The summed E-state index contributed by atoms with van der Waals surface area (Å²) in [6, 6.07) is 9.83. The van der Waals surface area contributed by atoms with Crippen molar-refractivity contribution in [2.75, 3.05) is 0 Å². The van der Waals surface area contributed by atoms with Crippen LogP contribution in [0.1, 0.15) is 11.1 Å². The Kier molecular flexibility index (Phi) is 5.17. The third-order valence-electron chi connectivity index (χ3n) is 4.13. The van der Waals surface area contributed by atoms with Crippen molar-refractivity contribution in [2.45, 2.75) is 23.6 Å². The van der Waals surface area contributed by atoms with Crippen LogP contribution in [0.2, 0.25) is 0 Å². The Hall–Kier alpha value is -2.86. The van der Waals surface area contributed by atoms with E-state index in [1.807, 2.05) is 0 Å². The summed E-state index contributed by atoms with van der Waals surface area (Å²) in [5.74, 6) is -0.556. The zero-order valence-electron chi connectivity index (χ0n) is 15.2. The second-order valence-corrected chi connectivity index (χ2v) is 9.20. The minimum absolute atomic E-state index is 0.260. The number of aryl methyl sites for hydroxylation is 2. The van der Waals surface area contributed by atoms with Gasteiger partial charge in [-0.3, -0.25) is 9.11 Å². The molecule has 0 bridgehead atoms. The Bertz CT molecular complexity index is 1380. The number of phenolic OH excluding ortho intramolecular Hbond substituents is 1. The molecule has 0 fully saturated rings. The third-order valence-corrected chi connectivity index (χ3v) is 5.90. The van der Waals surface area contributed by atoms with Gasteiger partial charge in [-0.15, -0.1) is 10.2 Å². The van der Waals surface area contributed by atoms with Crippen LogP contribution in [0.25, 0.3) is 10.8 Å². The normalized spacial score (nSPS) is 12.7. The molecule has 152 valence electrons. The molecule has 0 heterocycles. The van der Waals surface area contributed by atoms with Crippen LogP contribution in [0.3, 0.4) is 0 Å². The average molecular weight is 436 g/mol. The number of rotatable bonds is 4. The molecule has 0 aliphatic carbocycles. The van der Waals surface area contributed by atoms with Crippen LogP contribution in [0.15, 0.2) is 62.5 Å². The summed E-state index contributed by atoms with van der Waals surface area (Å²) in [7, 11) is -9.42. The lowest BCUT2D eigenvalue weighted by molar-refractivity contribution is 0.472. The van der Waals surface area contributed by atoms with Gasteiger partial charge < -0.3 is 5.11 Å². The summed E-state index contributed by atoms with van der Waals surface area (Å²) in [5, 5.41) is 18.6. The van der Waals surface area contributed by atoms with Crippen molar-refractivity contribution in [3.8, 4) is 5.75 Å². The van der Waals surface area contributed by atoms with Gasteiger partial charge in [0.05, 0.1) is 0 Å². The van der Waals surface area contributed by atoms with E-state index in [1.165, 1.54) is 12.1 Å². The SMILES string of the molecule is Cc1ccc(S(=O)(=O)O)c(N=Nc2c(S(=O)(=O)O)cc3cc(C)ccc3c2O)c1. The van der Waals surface area contributed by atoms with Gasteiger partial charge in [0.25, 0.3) is 20.2 Å². The Morgan fingerprint density at radius 2 is 1.34 bits per heavy atom. The lowest BCUT2D eigenvalue weighted by Gasteiger charge is -2.09. The molecule has 3 aromatic carbocycles. The first-order valence-corrected chi connectivity index (χ1v) is 11.0. The van der Waals surface area contributed by atoms with Crippen molar-refractivity contribution in [3.63, 3.8) is 0 Å². The van der Waals surface area contributed by atoms with E-state index in [1.54, 1.807) is 32.0 Å². The molecule has 0 aliphatic rings. The zero-order chi connectivity index (χ0) is 21.6. The van der Waals surface area contributed by atoms with Gasteiger partial charge >= 0.3 is 0 Å². The predicted octanol–water partition coefficient (Wildman–Crippen LogP) is 4.07. The quantitative estimate of drug-likeness (QED) is 0.411. The minimum atomic E-state index is -4.79. The first-order valence-electron chi connectivity index (χ1n) is 8.11. The maximum absolute atomic E-state index is 11.8. The highest BCUT2D eigenvalue weighted by molar-refractivity contribution is 7.86. The summed E-state index contributed by atoms with van der Waals surface area (Å²) in [6.07, 6.45) is 0. The second-order valence-electron chi connectivity index (χ2n) is 6.42. The molecule has 0 saturated carbocycles. The molecule has 0 unspecified atom stereocenters. The molecule has 9 nitrogen and oxygen atoms in total. The molecule has 0 saturated heterocycles. The topological polar surface area (TPSA) is 154 Å². The summed E-state index contributed by atoms with van der Waals surface area (Å²) in [5.41, 5.74) is 0.563. The van der Waals surface area contributed by atoms with Gasteiger partial charge in [0.15, 0.2) is 5.75 Å². The maximum Gasteiger partial charge on any atom is 0.296 e. The molecule has 0 atom stereocenters. The number of phenols is 1. The van der Waals surface area contributed by atoms with E-state index in [4.69, 9.17) is 0 Å². The lowest BCUT2D eigenvalue weighted by atomic mass is 10.1. The van der Waals surface area contributed by atoms with Crippen LogP contribution in [-0.4, -0.2) is 31.0 Å². The Morgan fingerprint density at radius 3 is 1.97 bits per heavy atom. The third kappa shape index (κ3) is 4.27. The molecule has 0 amide bonds. The van der Waals surface area contributed by atoms with Crippen molar-refractivity contribution in [3.05, 3.63) is 53.6 Å². The van der Waals surface area contributed by atoms with Crippen LogP contribution in [0.5, 0.6) is 5.75 Å². The van der Waals surface area contributed by atoms with Gasteiger partial charge in [-0.1, -0.05) is 29.8 Å². The monoisotopic (exact) mass is 436 g/mol. The van der Waals surface area contributed by atoms with Crippen molar-refractivity contribution in [1.29, 1.82) is 0 Å². The summed E-state index contributed by atoms with van der Waals surface area (Å²) in [4.78, 5) is -1.24. The number of fused-ring (bicyclic) bond motifs is 1. The molecule has 0 aliphatic heterocycles. The molecule has 0 spiro atoms. The van der Waals surface area contributed by atoms with Crippen LogP contribution in [0, 0.1) is 13.8 Å². The van der Waals surface area contributed by atoms with E-state index in [0.29, 0.717) is 10.9 Å². The molecule has 0 aromatic heterocycles. The number of hydrogen-bond donors (Lipinski definition) is 3. The summed E-state index contributed by atoms with van der Waals surface area (Å²) < 4.78 is 65.7. The highest BCUT2D eigenvalue weighted by Crippen LogP contribution is 2.42. The fourth-order valence-corrected chi connectivity index (χ4v) is 4.05. The van der Waals surface area contributed by atoms with Gasteiger partial charge in [-0.05, 0) is 43.0 Å². The molecule has 11 heteroatoms. The van der Waals surface area contributed by atoms with Crippen LogP contribution < -0.4 is 0 Å².